The van der Waals surface area contributed by atoms with Gasteiger partial charge in [-0.25, -0.2) is 0 Å². The lowest BCUT2D eigenvalue weighted by Gasteiger charge is -2.02. The molecule has 110 valence electrons. The molecule has 1 aliphatic carbocycles. The van der Waals surface area contributed by atoms with Crippen molar-refractivity contribution in [1.82, 2.24) is 0 Å². The number of carbonyl (C=O) groups is 1. The van der Waals surface area contributed by atoms with E-state index < -0.39 is 0 Å². The van der Waals surface area contributed by atoms with Gasteiger partial charge in [0.05, 0.1) is 0 Å². The maximum atomic E-state index is 11.8. The summed E-state index contributed by atoms with van der Waals surface area (Å²) in [7, 11) is 0. The van der Waals surface area contributed by atoms with Crippen LogP contribution in [0.1, 0.15) is 96.8 Å². The van der Waals surface area contributed by atoms with Gasteiger partial charge in [0.2, 0.25) is 0 Å². The summed E-state index contributed by atoms with van der Waals surface area (Å²) in [6.45, 7) is 2.12. The Bertz CT molecular complexity index is 265. The minimum absolute atomic E-state index is 0.443. The van der Waals surface area contributed by atoms with E-state index in [1.165, 1.54) is 76.2 Å². The number of carbonyl (C=O) groups excluding carboxylic acids is 1. The monoisotopic (exact) mass is 264 g/mol. The minimum atomic E-state index is 0.443. The zero-order valence-corrected chi connectivity index (χ0v) is 12.9. The van der Waals surface area contributed by atoms with Crippen molar-refractivity contribution in [2.45, 2.75) is 96.8 Å². The first-order valence-electron chi connectivity index (χ1n) is 8.46. The van der Waals surface area contributed by atoms with Gasteiger partial charge in [-0.15, -0.1) is 0 Å². The predicted octanol–water partition coefficient (Wildman–Crippen LogP) is 5.98. The molecule has 1 nitrogen and oxygen atoms in total. The van der Waals surface area contributed by atoms with E-state index in [2.05, 4.69) is 13.0 Å². The van der Waals surface area contributed by atoms with Crippen LogP contribution in [-0.4, -0.2) is 5.78 Å². The zero-order valence-electron chi connectivity index (χ0n) is 12.9. The minimum Gasteiger partial charge on any atom is -0.299 e. The van der Waals surface area contributed by atoms with Crippen molar-refractivity contribution in [3.8, 4) is 0 Å². The van der Waals surface area contributed by atoms with E-state index in [0.717, 1.165) is 12.8 Å². The fraction of sp³-hybridized carbons (Fsp3) is 0.833. The topological polar surface area (TPSA) is 17.1 Å². The Morgan fingerprint density at radius 1 is 0.737 bits per heavy atom. The normalized spacial score (nSPS) is 25.3. The van der Waals surface area contributed by atoms with Gasteiger partial charge in [0.25, 0.3) is 0 Å². The molecule has 0 saturated carbocycles. The third kappa shape index (κ3) is 9.92. The number of hydrogen-bond donors (Lipinski definition) is 0. The van der Waals surface area contributed by atoms with E-state index in [1.807, 2.05) is 0 Å². The molecule has 1 aliphatic rings. The van der Waals surface area contributed by atoms with Crippen molar-refractivity contribution >= 4 is 5.78 Å². The summed E-state index contributed by atoms with van der Waals surface area (Å²) in [5.74, 6) is 0.443. The van der Waals surface area contributed by atoms with Gasteiger partial charge >= 0.3 is 0 Å². The van der Waals surface area contributed by atoms with E-state index in [1.54, 1.807) is 0 Å². The molecule has 0 spiro atoms. The average Bonchev–Trinajstić information content (AvgIpc) is 2.38. The molecule has 0 fully saturated rings. The summed E-state index contributed by atoms with van der Waals surface area (Å²) in [6.07, 6.45) is 19.7. The summed E-state index contributed by atoms with van der Waals surface area (Å²) in [5, 5.41) is 0. The van der Waals surface area contributed by atoms with E-state index in [9.17, 15) is 4.79 Å². The lowest BCUT2D eigenvalue weighted by molar-refractivity contribution is -0.118. The van der Waals surface area contributed by atoms with Crippen LogP contribution in [0.15, 0.2) is 11.6 Å². The van der Waals surface area contributed by atoms with Gasteiger partial charge < -0.3 is 0 Å². The Kier molecular flexibility index (Phi) is 9.75. The molecule has 1 heteroatoms. The smallest absolute Gasteiger partial charge is 0.136 e. The second-order valence-corrected chi connectivity index (χ2v) is 6.19. The molecule has 0 radical (unpaired) electrons. The lowest BCUT2D eigenvalue weighted by Crippen LogP contribution is -1.98. The van der Waals surface area contributed by atoms with Gasteiger partial charge in [0.1, 0.15) is 5.78 Å². The van der Waals surface area contributed by atoms with Crippen LogP contribution in [-0.2, 0) is 4.79 Å². The van der Waals surface area contributed by atoms with Crippen LogP contribution in [0.3, 0.4) is 0 Å². The van der Waals surface area contributed by atoms with Gasteiger partial charge in [0, 0.05) is 12.8 Å². The molecule has 0 aromatic rings. The Morgan fingerprint density at radius 3 is 1.79 bits per heavy atom. The molecular weight excluding hydrogens is 232 g/mol. The highest BCUT2D eigenvalue weighted by Gasteiger charge is 2.03. The molecule has 0 unspecified atom stereocenters. The van der Waals surface area contributed by atoms with E-state index in [0.29, 0.717) is 12.2 Å². The molecule has 0 saturated heterocycles. The highest BCUT2D eigenvalue weighted by Crippen LogP contribution is 2.15. The molecule has 0 atom stereocenters. The fourth-order valence-electron chi connectivity index (χ4n) is 2.88. The predicted molar refractivity (Wildman–Crippen MR) is 83.4 cm³/mol. The van der Waals surface area contributed by atoms with Crippen LogP contribution in [0.5, 0.6) is 0 Å². The third-order valence-electron chi connectivity index (χ3n) is 4.13. The fourth-order valence-corrected chi connectivity index (χ4v) is 2.88. The summed E-state index contributed by atoms with van der Waals surface area (Å²) in [4.78, 5) is 11.8. The first-order chi connectivity index (χ1) is 9.29. The van der Waals surface area contributed by atoms with Crippen LogP contribution >= 0.6 is 0 Å². The van der Waals surface area contributed by atoms with Crippen LogP contribution in [0.2, 0.25) is 0 Å². The van der Waals surface area contributed by atoms with Gasteiger partial charge in [-0.1, -0.05) is 69.4 Å². The summed E-state index contributed by atoms with van der Waals surface area (Å²) < 4.78 is 0. The Labute approximate surface area is 119 Å². The van der Waals surface area contributed by atoms with Crippen molar-refractivity contribution in [3.05, 3.63) is 11.6 Å². The Morgan fingerprint density at radius 2 is 1.21 bits per heavy atom. The second-order valence-electron chi connectivity index (χ2n) is 6.19. The van der Waals surface area contributed by atoms with Crippen molar-refractivity contribution in [1.29, 1.82) is 0 Å². The number of rotatable bonds is 0. The van der Waals surface area contributed by atoms with Gasteiger partial charge in [-0.2, -0.15) is 0 Å². The van der Waals surface area contributed by atoms with Crippen molar-refractivity contribution < 1.29 is 4.79 Å². The Balaban J connectivity index is 2.29. The molecule has 0 aliphatic heterocycles. The first-order valence-corrected chi connectivity index (χ1v) is 8.46. The SMILES string of the molecule is C/C1=C\CCCCCCCCCCCCCC(=O)C1. The first kappa shape index (κ1) is 16.5. The highest BCUT2D eigenvalue weighted by atomic mass is 16.1. The summed E-state index contributed by atoms with van der Waals surface area (Å²) in [5.41, 5.74) is 1.29. The molecule has 0 N–H and O–H groups in total. The average molecular weight is 264 g/mol. The maximum absolute atomic E-state index is 11.8. The molecule has 1 rings (SSSR count). The van der Waals surface area contributed by atoms with E-state index in [-0.39, 0.29) is 0 Å². The van der Waals surface area contributed by atoms with E-state index in [4.69, 9.17) is 0 Å². The number of allylic oxidation sites excluding steroid dienone is 2. The van der Waals surface area contributed by atoms with Gasteiger partial charge in [-0.3, -0.25) is 4.79 Å². The molecular formula is C18H32O. The number of Topliss-reactive ketones (excluding diaryl/α,β-unsaturated/α-hetero) is 1. The van der Waals surface area contributed by atoms with Crippen LogP contribution in [0.25, 0.3) is 0 Å². The largest absolute Gasteiger partial charge is 0.299 e. The van der Waals surface area contributed by atoms with Gasteiger partial charge in [0.15, 0.2) is 0 Å². The molecule has 19 heavy (non-hydrogen) atoms. The van der Waals surface area contributed by atoms with Crippen LogP contribution < -0.4 is 0 Å². The summed E-state index contributed by atoms with van der Waals surface area (Å²) >= 11 is 0. The maximum Gasteiger partial charge on any atom is 0.136 e. The van der Waals surface area contributed by atoms with E-state index >= 15 is 0 Å². The van der Waals surface area contributed by atoms with Crippen molar-refractivity contribution in [2.24, 2.45) is 0 Å². The second kappa shape index (κ2) is 11.3. The molecule has 0 aromatic carbocycles. The third-order valence-corrected chi connectivity index (χ3v) is 4.13. The molecule has 0 bridgehead atoms. The lowest BCUT2D eigenvalue weighted by atomic mass is 10.0. The Hall–Kier alpha value is -0.590. The standard InChI is InChI=1S/C18H32O/c1-17-14-12-10-8-6-4-2-3-5-7-9-11-13-15-18(19)16-17/h14H,2-13,15-16H2,1H3/b17-14+. The number of hydrogen-bond acceptors (Lipinski definition) is 1. The molecule has 0 amide bonds. The van der Waals surface area contributed by atoms with Crippen molar-refractivity contribution in [2.75, 3.05) is 0 Å². The number of ketones is 1. The molecule has 0 heterocycles. The van der Waals surface area contributed by atoms with Crippen LogP contribution in [0, 0.1) is 0 Å². The zero-order chi connectivity index (χ0) is 13.8. The highest BCUT2D eigenvalue weighted by molar-refractivity contribution is 5.80. The van der Waals surface area contributed by atoms with Gasteiger partial charge in [-0.05, 0) is 26.2 Å². The molecule has 0 aromatic heterocycles. The summed E-state index contributed by atoms with van der Waals surface area (Å²) in [6, 6.07) is 0. The van der Waals surface area contributed by atoms with Crippen molar-refractivity contribution in [3.63, 3.8) is 0 Å². The quantitative estimate of drug-likeness (QED) is 0.492. The van der Waals surface area contributed by atoms with Crippen LogP contribution in [0.4, 0.5) is 0 Å².